The fourth-order valence-electron chi connectivity index (χ4n) is 2.84. The molecule has 0 aliphatic carbocycles. The molecule has 2 atom stereocenters. The maximum absolute atomic E-state index is 12.4. The molecule has 0 saturated carbocycles. The Morgan fingerprint density at radius 2 is 1.76 bits per heavy atom. The standard InChI is InChI=1S/C17H21N5O3/c1-11-9-21(10-12(2)25-11)17(24)18-16(23)15-13(3)19-22(20-15)14-7-5-4-6-8-14/h4-8,11-12H,9-10H2,1-3H3,(H,18,23,24)/t11-,12+. The van der Waals surface area contributed by atoms with Crippen molar-refractivity contribution >= 4 is 11.9 Å². The Labute approximate surface area is 145 Å². The molecule has 0 bridgehead atoms. The molecule has 3 rings (SSSR count). The Morgan fingerprint density at radius 3 is 2.40 bits per heavy atom. The maximum Gasteiger partial charge on any atom is 0.324 e. The first kappa shape index (κ1) is 17.1. The number of aryl methyl sites for hydroxylation is 1. The number of hydrogen-bond donors (Lipinski definition) is 1. The predicted molar refractivity (Wildman–Crippen MR) is 90.5 cm³/mol. The van der Waals surface area contributed by atoms with Crippen LogP contribution >= 0.6 is 0 Å². The van der Waals surface area contributed by atoms with Gasteiger partial charge < -0.3 is 9.64 Å². The molecule has 1 saturated heterocycles. The number of ether oxygens (including phenoxy) is 1. The Kier molecular flexibility index (Phi) is 4.80. The number of morpholine rings is 1. The average molecular weight is 343 g/mol. The molecule has 0 unspecified atom stereocenters. The van der Waals surface area contributed by atoms with E-state index < -0.39 is 11.9 Å². The van der Waals surface area contributed by atoms with Gasteiger partial charge in [0.15, 0.2) is 5.69 Å². The van der Waals surface area contributed by atoms with Gasteiger partial charge in [-0.25, -0.2) is 4.79 Å². The van der Waals surface area contributed by atoms with Crippen LogP contribution in [0, 0.1) is 6.92 Å². The molecule has 1 aromatic carbocycles. The van der Waals surface area contributed by atoms with Gasteiger partial charge in [0.05, 0.1) is 23.6 Å². The summed E-state index contributed by atoms with van der Waals surface area (Å²) in [6.45, 7) is 6.36. The predicted octanol–water partition coefficient (Wildman–Crippen LogP) is 1.53. The summed E-state index contributed by atoms with van der Waals surface area (Å²) in [5.41, 5.74) is 1.33. The summed E-state index contributed by atoms with van der Waals surface area (Å²) < 4.78 is 5.60. The van der Waals surface area contributed by atoms with Gasteiger partial charge in [0.1, 0.15) is 0 Å². The number of urea groups is 1. The average Bonchev–Trinajstić information content (AvgIpc) is 2.96. The number of aromatic nitrogens is 3. The lowest BCUT2D eigenvalue weighted by Gasteiger charge is -2.34. The van der Waals surface area contributed by atoms with Crippen LogP contribution in [0.5, 0.6) is 0 Å². The molecule has 0 radical (unpaired) electrons. The third-order valence-corrected chi connectivity index (χ3v) is 3.91. The van der Waals surface area contributed by atoms with E-state index in [-0.39, 0.29) is 17.9 Å². The summed E-state index contributed by atoms with van der Waals surface area (Å²) in [6.07, 6.45) is -0.129. The zero-order chi connectivity index (χ0) is 18.0. The van der Waals surface area contributed by atoms with Crippen molar-refractivity contribution in [3.63, 3.8) is 0 Å². The first-order valence-electron chi connectivity index (χ1n) is 8.19. The summed E-state index contributed by atoms with van der Waals surface area (Å²) in [4.78, 5) is 27.7. The van der Waals surface area contributed by atoms with E-state index in [1.165, 1.54) is 4.80 Å². The largest absolute Gasteiger partial charge is 0.372 e. The second kappa shape index (κ2) is 7.02. The summed E-state index contributed by atoms with van der Waals surface area (Å²) in [7, 11) is 0. The smallest absolute Gasteiger partial charge is 0.324 e. The fourth-order valence-corrected chi connectivity index (χ4v) is 2.84. The van der Waals surface area contributed by atoms with Crippen molar-refractivity contribution < 1.29 is 14.3 Å². The second-order valence-electron chi connectivity index (χ2n) is 6.18. The van der Waals surface area contributed by atoms with Gasteiger partial charge in [0.2, 0.25) is 0 Å². The lowest BCUT2D eigenvalue weighted by molar-refractivity contribution is -0.0543. The van der Waals surface area contributed by atoms with Gasteiger partial charge >= 0.3 is 6.03 Å². The molecule has 1 aliphatic heterocycles. The van der Waals surface area contributed by atoms with Gasteiger partial charge in [0.25, 0.3) is 5.91 Å². The second-order valence-corrected chi connectivity index (χ2v) is 6.18. The van der Waals surface area contributed by atoms with Crippen LogP contribution < -0.4 is 5.32 Å². The Hall–Kier alpha value is -2.74. The highest BCUT2D eigenvalue weighted by Gasteiger charge is 2.28. The highest BCUT2D eigenvalue weighted by molar-refractivity contribution is 6.03. The topological polar surface area (TPSA) is 89.3 Å². The minimum absolute atomic E-state index is 0.0645. The van der Waals surface area contributed by atoms with E-state index in [9.17, 15) is 9.59 Å². The number of para-hydroxylation sites is 1. The SMILES string of the molecule is Cc1nn(-c2ccccc2)nc1C(=O)NC(=O)N1C[C@@H](C)O[C@@H](C)C1. The van der Waals surface area contributed by atoms with E-state index >= 15 is 0 Å². The number of imide groups is 1. The minimum Gasteiger partial charge on any atom is -0.372 e. The molecule has 3 amide bonds. The van der Waals surface area contributed by atoms with Crippen LogP contribution in [0.15, 0.2) is 30.3 Å². The van der Waals surface area contributed by atoms with Crippen LogP contribution in [0.4, 0.5) is 4.79 Å². The molecule has 2 aromatic rings. The van der Waals surface area contributed by atoms with E-state index in [1.54, 1.807) is 11.8 Å². The van der Waals surface area contributed by atoms with Crippen molar-refractivity contribution in [2.45, 2.75) is 33.0 Å². The van der Waals surface area contributed by atoms with Crippen molar-refractivity contribution in [2.24, 2.45) is 0 Å². The number of nitrogens with zero attached hydrogens (tertiary/aromatic N) is 4. The normalized spacial score (nSPS) is 20.4. The van der Waals surface area contributed by atoms with Crippen LogP contribution in [-0.4, -0.2) is 57.1 Å². The number of benzene rings is 1. The minimum atomic E-state index is -0.559. The van der Waals surface area contributed by atoms with Gasteiger partial charge in [-0.2, -0.15) is 9.90 Å². The zero-order valence-corrected chi connectivity index (χ0v) is 14.5. The van der Waals surface area contributed by atoms with E-state index in [2.05, 4.69) is 15.5 Å². The Morgan fingerprint density at radius 1 is 1.12 bits per heavy atom. The number of nitrogens with one attached hydrogen (secondary N) is 1. The zero-order valence-electron chi connectivity index (χ0n) is 14.5. The molecule has 2 heterocycles. The number of rotatable bonds is 2. The van der Waals surface area contributed by atoms with E-state index in [0.29, 0.717) is 18.8 Å². The van der Waals surface area contributed by atoms with Crippen LogP contribution in [0.3, 0.4) is 0 Å². The monoisotopic (exact) mass is 343 g/mol. The molecule has 1 N–H and O–H groups in total. The molecule has 8 heteroatoms. The van der Waals surface area contributed by atoms with E-state index in [4.69, 9.17) is 4.74 Å². The molecule has 1 aromatic heterocycles. The highest BCUT2D eigenvalue weighted by atomic mass is 16.5. The van der Waals surface area contributed by atoms with Crippen LogP contribution in [0.2, 0.25) is 0 Å². The number of amides is 3. The van der Waals surface area contributed by atoms with Crippen LogP contribution in [0.1, 0.15) is 30.0 Å². The summed E-state index contributed by atoms with van der Waals surface area (Å²) in [5.74, 6) is -0.559. The van der Waals surface area contributed by atoms with E-state index in [0.717, 1.165) is 5.69 Å². The van der Waals surface area contributed by atoms with Crippen LogP contribution in [-0.2, 0) is 4.74 Å². The Balaban J connectivity index is 1.71. The van der Waals surface area contributed by atoms with Gasteiger partial charge in [-0.3, -0.25) is 10.1 Å². The van der Waals surface area contributed by atoms with Crippen molar-refractivity contribution in [3.05, 3.63) is 41.7 Å². The molecular formula is C17H21N5O3. The van der Waals surface area contributed by atoms with Gasteiger partial charge in [-0.15, -0.1) is 5.10 Å². The number of carbonyl (C=O) groups excluding carboxylic acids is 2. The lowest BCUT2D eigenvalue weighted by Crippen LogP contribution is -2.52. The lowest BCUT2D eigenvalue weighted by atomic mass is 10.2. The van der Waals surface area contributed by atoms with Crippen LogP contribution in [0.25, 0.3) is 5.69 Å². The fraction of sp³-hybridized carbons (Fsp3) is 0.412. The van der Waals surface area contributed by atoms with Gasteiger partial charge in [0, 0.05) is 13.1 Å². The van der Waals surface area contributed by atoms with Gasteiger partial charge in [-0.05, 0) is 32.9 Å². The van der Waals surface area contributed by atoms with Crippen molar-refractivity contribution in [3.8, 4) is 5.69 Å². The van der Waals surface area contributed by atoms with Crippen molar-refractivity contribution in [1.29, 1.82) is 0 Å². The van der Waals surface area contributed by atoms with Crippen molar-refractivity contribution in [2.75, 3.05) is 13.1 Å². The van der Waals surface area contributed by atoms with E-state index in [1.807, 2.05) is 44.2 Å². The molecular weight excluding hydrogens is 322 g/mol. The molecule has 8 nitrogen and oxygen atoms in total. The molecule has 132 valence electrons. The summed E-state index contributed by atoms with van der Waals surface area (Å²) in [6, 6.07) is 8.83. The number of hydrogen-bond acceptors (Lipinski definition) is 5. The third kappa shape index (κ3) is 3.85. The van der Waals surface area contributed by atoms with Crippen molar-refractivity contribution in [1.82, 2.24) is 25.2 Å². The molecule has 0 spiro atoms. The maximum atomic E-state index is 12.4. The summed E-state index contributed by atoms with van der Waals surface area (Å²) >= 11 is 0. The number of carbonyl (C=O) groups is 2. The van der Waals surface area contributed by atoms with Gasteiger partial charge in [-0.1, -0.05) is 18.2 Å². The molecule has 1 fully saturated rings. The first-order valence-corrected chi connectivity index (χ1v) is 8.19. The quantitative estimate of drug-likeness (QED) is 0.893. The highest BCUT2D eigenvalue weighted by Crippen LogP contribution is 2.12. The third-order valence-electron chi connectivity index (χ3n) is 3.91. The Bertz CT molecular complexity index is 764. The molecule has 25 heavy (non-hydrogen) atoms. The summed E-state index contributed by atoms with van der Waals surface area (Å²) in [5, 5.41) is 10.8. The first-order chi connectivity index (χ1) is 11.9. The molecule has 1 aliphatic rings.